The van der Waals surface area contributed by atoms with E-state index in [1.807, 2.05) is 24.3 Å². The van der Waals surface area contributed by atoms with Crippen molar-refractivity contribution in [2.24, 2.45) is 5.73 Å². The molecular formula is C13H14N2O3S2. The second-order valence-corrected chi connectivity index (χ2v) is 7.35. The molecule has 1 aliphatic heterocycles. The van der Waals surface area contributed by atoms with Crippen molar-refractivity contribution < 1.29 is 13.2 Å². The maximum Gasteiger partial charge on any atom is 0.250 e. The molecule has 2 heterocycles. The summed E-state index contributed by atoms with van der Waals surface area (Å²) in [4.78, 5) is 0. The van der Waals surface area contributed by atoms with Crippen molar-refractivity contribution in [1.82, 2.24) is 4.72 Å². The number of benzene rings is 1. The van der Waals surface area contributed by atoms with Crippen LogP contribution in [0.1, 0.15) is 17.2 Å². The smallest absolute Gasteiger partial charge is 0.250 e. The fourth-order valence-corrected chi connectivity index (χ4v) is 4.55. The van der Waals surface area contributed by atoms with E-state index in [9.17, 15) is 8.42 Å². The molecule has 20 heavy (non-hydrogen) atoms. The van der Waals surface area contributed by atoms with Crippen LogP contribution in [0.2, 0.25) is 0 Å². The van der Waals surface area contributed by atoms with Crippen molar-refractivity contribution in [2.45, 2.75) is 16.8 Å². The van der Waals surface area contributed by atoms with Crippen LogP contribution >= 0.6 is 11.3 Å². The third-order valence-electron chi connectivity index (χ3n) is 3.13. The molecule has 1 aromatic heterocycles. The van der Waals surface area contributed by atoms with E-state index >= 15 is 0 Å². The minimum absolute atomic E-state index is 0.280. The third-order valence-corrected chi connectivity index (χ3v) is 6.09. The van der Waals surface area contributed by atoms with Gasteiger partial charge in [0, 0.05) is 12.1 Å². The van der Waals surface area contributed by atoms with Gasteiger partial charge in [0.1, 0.15) is 16.6 Å². The van der Waals surface area contributed by atoms with Gasteiger partial charge in [-0.05, 0) is 23.1 Å². The molecule has 0 saturated carbocycles. The van der Waals surface area contributed by atoms with E-state index in [-0.39, 0.29) is 10.3 Å². The summed E-state index contributed by atoms with van der Waals surface area (Å²) in [6.45, 7) is 0.648. The molecule has 1 aromatic carbocycles. The van der Waals surface area contributed by atoms with Gasteiger partial charge in [0.05, 0.1) is 6.04 Å². The lowest BCUT2D eigenvalue weighted by Gasteiger charge is -2.10. The monoisotopic (exact) mass is 310 g/mol. The Kier molecular flexibility index (Phi) is 3.51. The van der Waals surface area contributed by atoms with E-state index in [1.165, 1.54) is 11.3 Å². The highest BCUT2D eigenvalue weighted by molar-refractivity contribution is 7.91. The van der Waals surface area contributed by atoms with Crippen LogP contribution in [0.25, 0.3) is 0 Å². The van der Waals surface area contributed by atoms with Crippen LogP contribution in [-0.4, -0.2) is 15.0 Å². The summed E-state index contributed by atoms with van der Waals surface area (Å²) in [7, 11) is -3.54. The largest absolute Gasteiger partial charge is 0.491 e. The van der Waals surface area contributed by atoms with Crippen LogP contribution in [0.15, 0.2) is 39.9 Å². The highest BCUT2D eigenvalue weighted by Crippen LogP contribution is 2.33. The number of nitrogens with two attached hydrogens (primary N) is 1. The number of fused-ring (bicyclic) bond motifs is 1. The SMILES string of the molecule is NCc1csc(S(=O)(=O)NC2COc3ccccc32)c1. The molecule has 7 heteroatoms. The fourth-order valence-electron chi connectivity index (χ4n) is 2.11. The zero-order valence-electron chi connectivity index (χ0n) is 10.6. The second-order valence-electron chi connectivity index (χ2n) is 4.50. The zero-order valence-corrected chi connectivity index (χ0v) is 12.2. The van der Waals surface area contributed by atoms with Gasteiger partial charge in [-0.1, -0.05) is 18.2 Å². The summed E-state index contributed by atoms with van der Waals surface area (Å²) in [5.41, 5.74) is 7.19. The summed E-state index contributed by atoms with van der Waals surface area (Å²) in [5.74, 6) is 0.731. The zero-order chi connectivity index (χ0) is 14.2. The first kappa shape index (κ1) is 13.6. The highest BCUT2D eigenvalue weighted by Gasteiger charge is 2.29. The lowest BCUT2D eigenvalue weighted by Crippen LogP contribution is -2.29. The van der Waals surface area contributed by atoms with Gasteiger partial charge in [-0.3, -0.25) is 0 Å². The Morgan fingerprint density at radius 1 is 1.40 bits per heavy atom. The standard InChI is InChI=1S/C13H14N2O3S2/c14-6-9-5-13(19-8-9)20(16,17)15-11-7-18-12-4-2-1-3-10(11)12/h1-5,8,11,15H,6-7,14H2. The maximum absolute atomic E-state index is 12.3. The summed E-state index contributed by atoms with van der Waals surface area (Å²) < 4.78 is 33.1. The average Bonchev–Trinajstić information content (AvgIpc) is 3.06. The molecule has 0 radical (unpaired) electrons. The molecule has 0 bridgehead atoms. The Hall–Kier alpha value is -1.41. The minimum atomic E-state index is -3.54. The summed E-state index contributed by atoms with van der Waals surface area (Å²) in [6.07, 6.45) is 0. The predicted molar refractivity (Wildman–Crippen MR) is 77.2 cm³/mol. The van der Waals surface area contributed by atoms with Gasteiger partial charge in [-0.25, -0.2) is 8.42 Å². The molecule has 1 unspecified atom stereocenters. The number of sulfonamides is 1. The van der Waals surface area contributed by atoms with Crippen molar-refractivity contribution in [3.8, 4) is 5.75 Å². The van der Waals surface area contributed by atoms with Crippen LogP contribution in [0, 0.1) is 0 Å². The molecule has 3 rings (SSSR count). The molecule has 1 aliphatic rings. The first-order valence-electron chi connectivity index (χ1n) is 6.11. The molecule has 0 fully saturated rings. The number of para-hydroxylation sites is 1. The fraction of sp³-hybridized carbons (Fsp3) is 0.231. The summed E-state index contributed by atoms with van der Waals surface area (Å²) >= 11 is 1.17. The van der Waals surface area contributed by atoms with Gasteiger partial charge in [0.25, 0.3) is 10.0 Å². The van der Waals surface area contributed by atoms with Gasteiger partial charge in [0.2, 0.25) is 0 Å². The normalized spacial score (nSPS) is 17.8. The van der Waals surface area contributed by atoms with Crippen molar-refractivity contribution in [2.75, 3.05) is 6.61 Å². The second kappa shape index (κ2) is 5.17. The lowest BCUT2D eigenvalue weighted by atomic mass is 10.1. The molecule has 2 aromatic rings. The van der Waals surface area contributed by atoms with Crippen LogP contribution in [0.4, 0.5) is 0 Å². The molecule has 1 atom stereocenters. The predicted octanol–water partition coefficient (Wildman–Crippen LogP) is 1.62. The molecule has 106 valence electrons. The van der Waals surface area contributed by atoms with Crippen molar-refractivity contribution in [1.29, 1.82) is 0 Å². The lowest BCUT2D eigenvalue weighted by molar-refractivity contribution is 0.325. The third kappa shape index (κ3) is 2.45. The van der Waals surface area contributed by atoms with Gasteiger partial charge >= 0.3 is 0 Å². The number of hydrogen-bond acceptors (Lipinski definition) is 5. The molecule has 3 N–H and O–H groups in total. The number of nitrogens with one attached hydrogen (secondary N) is 1. The van der Waals surface area contributed by atoms with E-state index in [0.717, 1.165) is 16.9 Å². The Balaban J connectivity index is 1.84. The van der Waals surface area contributed by atoms with Crippen LogP contribution in [0.5, 0.6) is 5.75 Å². The quantitative estimate of drug-likeness (QED) is 0.899. The Labute approximate surface area is 121 Å². The molecule has 0 spiro atoms. The highest BCUT2D eigenvalue weighted by atomic mass is 32.2. The van der Waals surface area contributed by atoms with E-state index in [1.54, 1.807) is 11.4 Å². The van der Waals surface area contributed by atoms with Crippen molar-refractivity contribution >= 4 is 21.4 Å². The molecular weight excluding hydrogens is 296 g/mol. The Bertz CT molecular complexity index is 725. The van der Waals surface area contributed by atoms with Crippen molar-refractivity contribution in [3.05, 3.63) is 46.8 Å². The molecule has 0 saturated heterocycles. The van der Waals surface area contributed by atoms with Gasteiger partial charge in [-0.2, -0.15) is 4.72 Å². The molecule has 0 amide bonds. The van der Waals surface area contributed by atoms with Crippen LogP contribution in [-0.2, 0) is 16.6 Å². The molecule has 5 nitrogen and oxygen atoms in total. The summed E-state index contributed by atoms with van der Waals surface area (Å²) in [5, 5.41) is 1.76. The maximum atomic E-state index is 12.3. The number of hydrogen-bond donors (Lipinski definition) is 2. The van der Waals surface area contributed by atoms with E-state index in [0.29, 0.717) is 13.2 Å². The minimum Gasteiger partial charge on any atom is -0.491 e. The van der Waals surface area contributed by atoms with E-state index < -0.39 is 10.0 Å². The van der Waals surface area contributed by atoms with Gasteiger partial charge in [-0.15, -0.1) is 11.3 Å². The summed E-state index contributed by atoms with van der Waals surface area (Å²) in [6, 6.07) is 8.69. The van der Waals surface area contributed by atoms with E-state index in [4.69, 9.17) is 10.5 Å². The molecule has 0 aliphatic carbocycles. The average molecular weight is 310 g/mol. The van der Waals surface area contributed by atoms with Gasteiger partial charge in [0.15, 0.2) is 0 Å². The Morgan fingerprint density at radius 2 is 2.20 bits per heavy atom. The number of thiophene rings is 1. The number of rotatable bonds is 4. The first-order valence-corrected chi connectivity index (χ1v) is 8.48. The number of ether oxygens (including phenoxy) is 1. The topological polar surface area (TPSA) is 81.4 Å². The Morgan fingerprint density at radius 3 is 2.95 bits per heavy atom. The van der Waals surface area contributed by atoms with Crippen LogP contribution in [0.3, 0.4) is 0 Å². The van der Waals surface area contributed by atoms with E-state index in [2.05, 4.69) is 4.72 Å². The van der Waals surface area contributed by atoms with Crippen molar-refractivity contribution in [3.63, 3.8) is 0 Å². The van der Waals surface area contributed by atoms with Crippen LogP contribution < -0.4 is 15.2 Å². The first-order chi connectivity index (χ1) is 9.60. The van der Waals surface area contributed by atoms with Gasteiger partial charge < -0.3 is 10.5 Å².